The first-order valence-electron chi connectivity index (χ1n) is 7.12. The van der Waals surface area contributed by atoms with E-state index in [0.717, 1.165) is 30.5 Å². The van der Waals surface area contributed by atoms with Crippen LogP contribution < -0.4 is 0 Å². The van der Waals surface area contributed by atoms with Crippen molar-refractivity contribution in [2.75, 3.05) is 6.61 Å². The Morgan fingerprint density at radius 2 is 2.25 bits per heavy atom. The van der Waals surface area contributed by atoms with Crippen LogP contribution in [-0.4, -0.2) is 22.7 Å². The van der Waals surface area contributed by atoms with Crippen LogP contribution in [0.1, 0.15) is 37.4 Å². The van der Waals surface area contributed by atoms with Gasteiger partial charge in [0.05, 0.1) is 18.7 Å². The van der Waals surface area contributed by atoms with Gasteiger partial charge in [-0.1, -0.05) is 31.5 Å². The molecule has 0 aliphatic carbocycles. The quantitative estimate of drug-likeness (QED) is 0.899. The number of carboxylic acids is 1. The summed E-state index contributed by atoms with van der Waals surface area (Å²) in [6, 6.07) is 8.13. The second-order valence-corrected chi connectivity index (χ2v) is 5.44. The zero-order chi connectivity index (χ0) is 14.2. The summed E-state index contributed by atoms with van der Waals surface area (Å²) in [7, 11) is 0. The fourth-order valence-electron chi connectivity index (χ4n) is 3.34. The molecule has 0 unspecified atom stereocenters. The second-order valence-electron chi connectivity index (χ2n) is 5.44. The van der Waals surface area contributed by atoms with Gasteiger partial charge >= 0.3 is 5.97 Å². The number of hydrogen-bond donors (Lipinski definition) is 2. The van der Waals surface area contributed by atoms with Gasteiger partial charge in [-0.15, -0.1) is 0 Å². The molecule has 4 heteroatoms. The first-order valence-corrected chi connectivity index (χ1v) is 7.12. The Hall–Kier alpha value is -1.81. The number of carbonyl (C=O) groups is 1. The van der Waals surface area contributed by atoms with E-state index in [2.05, 4.69) is 18.0 Å². The molecule has 0 radical (unpaired) electrons. The standard InChI is InChI=1S/C16H19NO3/c1-2-8-16(10-14(18)19)15-12(7-9-20-16)11-5-3-4-6-13(11)17-15/h3-6,17H,2,7-10H2,1H3,(H,18,19)/t16-/m0/s1. The van der Waals surface area contributed by atoms with Crippen LogP contribution in [0.2, 0.25) is 0 Å². The second kappa shape index (κ2) is 4.94. The molecule has 2 heterocycles. The average Bonchev–Trinajstić information content (AvgIpc) is 2.79. The van der Waals surface area contributed by atoms with Crippen molar-refractivity contribution in [3.63, 3.8) is 0 Å². The Morgan fingerprint density at radius 3 is 3.00 bits per heavy atom. The highest BCUT2D eigenvalue weighted by Crippen LogP contribution is 2.42. The number of hydrogen-bond acceptors (Lipinski definition) is 2. The number of H-pyrrole nitrogens is 1. The molecule has 106 valence electrons. The number of aromatic amines is 1. The number of carboxylic acid groups (broad SMARTS) is 1. The van der Waals surface area contributed by atoms with Crippen LogP contribution in [0.4, 0.5) is 0 Å². The third-order valence-corrected chi connectivity index (χ3v) is 4.09. The summed E-state index contributed by atoms with van der Waals surface area (Å²) in [5, 5.41) is 10.5. The van der Waals surface area contributed by atoms with Gasteiger partial charge in [-0.2, -0.15) is 0 Å². The zero-order valence-electron chi connectivity index (χ0n) is 11.6. The highest BCUT2D eigenvalue weighted by molar-refractivity contribution is 5.85. The maximum absolute atomic E-state index is 11.3. The molecule has 4 nitrogen and oxygen atoms in total. The van der Waals surface area contributed by atoms with E-state index in [0.29, 0.717) is 6.61 Å². The monoisotopic (exact) mass is 273 g/mol. The molecule has 1 atom stereocenters. The lowest BCUT2D eigenvalue weighted by Crippen LogP contribution is -2.37. The number of rotatable bonds is 4. The Labute approximate surface area is 117 Å². The predicted molar refractivity (Wildman–Crippen MR) is 76.8 cm³/mol. The van der Waals surface area contributed by atoms with Crippen molar-refractivity contribution < 1.29 is 14.6 Å². The molecule has 2 N–H and O–H groups in total. The van der Waals surface area contributed by atoms with Gasteiger partial charge in [0.25, 0.3) is 0 Å². The summed E-state index contributed by atoms with van der Waals surface area (Å²) in [5.74, 6) is -0.815. The van der Waals surface area contributed by atoms with Crippen molar-refractivity contribution in [2.45, 2.75) is 38.2 Å². The molecule has 2 aromatic rings. The van der Waals surface area contributed by atoms with E-state index in [1.165, 1.54) is 10.9 Å². The molecule has 1 aromatic heterocycles. The Bertz CT molecular complexity index is 646. The van der Waals surface area contributed by atoms with Gasteiger partial charge in [0.1, 0.15) is 5.60 Å². The largest absolute Gasteiger partial charge is 0.481 e. The molecular weight excluding hydrogens is 254 g/mol. The average molecular weight is 273 g/mol. The van der Waals surface area contributed by atoms with Crippen molar-refractivity contribution in [1.29, 1.82) is 0 Å². The molecule has 0 bridgehead atoms. The van der Waals surface area contributed by atoms with Crippen LogP contribution in [0.25, 0.3) is 10.9 Å². The Morgan fingerprint density at radius 1 is 1.45 bits per heavy atom. The number of fused-ring (bicyclic) bond motifs is 3. The van der Waals surface area contributed by atoms with Gasteiger partial charge in [0.15, 0.2) is 0 Å². The van der Waals surface area contributed by atoms with Crippen LogP contribution in [0.3, 0.4) is 0 Å². The van der Waals surface area contributed by atoms with Gasteiger partial charge in [-0.25, -0.2) is 0 Å². The zero-order valence-corrected chi connectivity index (χ0v) is 11.6. The maximum Gasteiger partial charge on any atom is 0.306 e. The normalized spacial score (nSPS) is 21.9. The van der Waals surface area contributed by atoms with Crippen molar-refractivity contribution in [3.05, 3.63) is 35.5 Å². The molecular formula is C16H19NO3. The molecule has 1 aromatic carbocycles. The summed E-state index contributed by atoms with van der Waals surface area (Å²) in [4.78, 5) is 14.7. The van der Waals surface area contributed by atoms with Crippen LogP contribution in [-0.2, 0) is 21.6 Å². The summed E-state index contributed by atoms with van der Waals surface area (Å²) in [5.41, 5.74) is 2.55. The summed E-state index contributed by atoms with van der Waals surface area (Å²) >= 11 is 0. The van der Waals surface area contributed by atoms with Crippen molar-refractivity contribution in [2.24, 2.45) is 0 Å². The van der Waals surface area contributed by atoms with Crippen molar-refractivity contribution in [1.82, 2.24) is 4.98 Å². The fourth-order valence-corrected chi connectivity index (χ4v) is 3.34. The van der Waals surface area contributed by atoms with Crippen LogP contribution in [0.5, 0.6) is 0 Å². The third-order valence-electron chi connectivity index (χ3n) is 4.09. The number of aromatic nitrogens is 1. The minimum atomic E-state index is -0.815. The Kier molecular flexibility index (Phi) is 3.26. The number of aliphatic carboxylic acids is 1. The lowest BCUT2D eigenvalue weighted by molar-refractivity contribution is -0.149. The minimum Gasteiger partial charge on any atom is -0.481 e. The van der Waals surface area contributed by atoms with Crippen molar-refractivity contribution >= 4 is 16.9 Å². The Balaban J connectivity index is 2.18. The lowest BCUT2D eigenvalue weighted by Gasteiger charge is -2.36. The number of para-hydroxylation sites is 1. The molecule has 0 saturated carbocycles. The molecule has 1 aliphatic heterocycles. The number of benzene rings is 1. The topological polar surface area (TPSA) is 62.3 Å². The first kappa shape index (κ1) is 13.2. The van der Waals surface area contributed by atoms with Crippen LogP contribution >= 0.6 is 0 Å². The molecule has 20 heavy (non-hydrogen) atoms. The molecule has 3 rings (SSSR count). The maximum atomic E-state index is 11.3. The van der Waals surface area contributed by atoms with E-state index in [9.17, 15) is 9.90 Å². The highest BCUT2D eigenvalue weighted by Gasteiger charge is 2.41. The fraction of sp³-hybridized carbons (Fsp3) is 0.438. The number of ether oxygens (including phenoxy) is 1. The van der Waals surface area contributed by atoms with E-state index in [1.54, 1.807) is 0 Å². The predicted octanol–water partition coefficient (Wildman–Crippen LogP) is 3.21. The molecule has 0 spiro atoms. The van der Waals surface area contributed by atoms with E-state index in [1.807, 2.05) is 18.2 Å². The van der Waals surface area contributed by atoms with E-state index in [4.69, 9.17) is 4.74 Å². The SMILES string of the molecule is CCC[C@@]1(CC(=O)O)OCCc2c1[nH]c1ccccc21. The van der Waals surface area contributed by atoms with Gasteiger partial charge in [0, 0.05) is 10.9 Å². The van der Waals surface area contributed by atoms with E-state index >= 15 is 0 Å². The van der Waals surface area contributed by atoms with Gasteiger partial charge < -0.3 is 14.8 Å². The minimum absolute atomic E-state index is 0.0145. The van der Waals surface area contributed by atoms with Gasteiger partial charge in [0.2, 0.25) is 0 Å². The van der Waals surface area contributed by atoms with Crippen molar-refractivity contribution in [3.8, 4) is 0 Å². The number of nitrogens with one attached hydrogen (secondary N) is 1. The van der Waals surface area contributed by atoms with Crippen LogP contribution in [0.15, 0.2) is 24.3 Å². The lowest BCUT2D eigenvalue weighted by atomic mass is 9.85. The summed E-state index contributed by atoms with van der Waals surface area (Å²) < 4.78 is 5.96. The summed E-state index contributed by atoms with van der Waals surface area (Å²) in [6.45, 7) is 2.64. The molecule has 0 amide bonds. The van der Waals surface area contributed by atoms with E-state index < -0.39 is 11.6 Å². The molecule has 0 fully saturated rings. The van der Waals surface area contributed by atoms with Gasteiger partial charge in [-0.3, -0.25) is 4.79 Å². The van der Waals surface area contributed by atoms with E-state index in [-0.39, 0.29) is 6.42 Å². The smallest absolute Gasteiger partial charge is 0.306 e. The summed E-state index contributed by atoms with van der Waals surface area (Å²) in [6.07, 6.45) is 2.46. The van der Waals surface area contributed by atoms with Crippen LogP contribution in [0, 0.1) is 0 Å². The highest BCUT2D eigenvalue weighted by atomic mass is 16.5. The molecule has 1 aliphatic rings. The third kappa shape index (κ3) is 2.00. The first-order chi connectivity index (χ1) is 9.66. The molecule has 0 saturated heterocycles. The van der Waals surface area contributed by atoms with Gasteiger partial charge in [-0.05, 0) is 24.5 Å².